The number of nitro groups is 1. The SMILES string of the molecule is COc1c(-c2ccn(C)n2)cc(NC(=O)c2cccc(OC(N)=O)n2)cc1[N+](=O)[O-]. The second-order valence-corrected chi connectivity index (χ2v) is 5.94. The van der Waals surface area contributed by atoms with Gasteiger partial charge in [0.15, 0.2) is 0 Å². The molecule has 2 aromatic heterocycles. The molecule has 3 aromatic rings. The van der Waals surface area contributed by atoms with Gasteiger partial charge in [0.2, 0.25) is 11.6 Å². The predicted octanol–water partition coefficient (Wildman–Crippen LogP) is 2.11. The van der Waals surface area contributed by atoms with Gasteiger partial charge in [-0.25, -0.2) is 9.78 Å². The lowest BCUT2D eigenvalue weighted by Gasteiger charge is -2.11. The van der Waals surface area contributed by atoms with Gasteiger partial charge in [-0.15, -0.1) is 0 Å². The topological polar surface area (TPSA) is 164 Å². The smallest absolute Gasteiger partial charge is 0.411 e. The number of rotatable bonds is 6. The summed E-state index contributed by atoms with van der Waals surface area (Å²) in [5, 5.41) is 18.3. The molecule has 154 valence electrons. The molecule has 0 bridgehead atoms. The highest BCUT2D eigenvalue weighted by Gasteiger charge is 2.24. The molecule has 0 atom stereocenters. The molecule has 0 aliphatic rings. The minimum atomic E-state index is -1.08. The number of nitrogens with two attached hydrogens (primary N) is 1. The molecule has 3 N–H and O–H groups in total. The second-order valence-electron chi connectivity index (χ2n) is 5.94. The number of hydrogen-bond donors (Lipinski definition) is 2. The number of nitrogens with one attached hydrogen (secondary N) is 1. The molecule has 0 unspecified atom stereocenters. The maximum atomic E-state index is 12.6. The Morgan fingerprint density at radius 2 is 2.03 bits per heavy atom. The van der Waals surface area contributed by atoms with E-state index >= 15 is 0 Å². The lowest BCUT2D eigenvalue weighted by Crippen LogP contribution is -2.19. The third-order valence-electron chi connectivity index (χ3n) is 3.88. The fourth-order valence-corrected chi connectivity index (χ4v) is 2.68. The van der Waals surface area contributed by atoms with E-state index in [1.807, 2.05) is 0 Å². The number of nitrogens with zero attached hydrogens (tertiary/aromatic N) is 4. The van der Waals surface area contributed by atoms with Gasteiger partial charge < -0.3 is 20.5 Å². The van der Waals surface area contributed by atoms with Gasteiger partial charge in [0.25, 0.3) is 5.91 Å². The predicted molar refractivity (Wildman–Crippen MR) is 104 cm³/mol. The molecule has 2 heterocycles. The fraction of sp³-hybridized carbons (Fsp3) is 0.111. The molecule has 0 aliphatic heterocycles. The van der Waals surface area contributed by atoms with Crippen molar-refractivity contribution < 1.29 is 24.0 Å². The number of hydrogen-bond acceptors (Lipinski definition) is 8. The van der Waals surface area contributed by atoms with Crippen LogP contribution in [0.3, 0.4) is 0 Å². The number of anilines is 1. The van der Waals surface area contributed by atoms with Gasteiger partial charge in [0, 0.05) is 31.1 Å². The molecular weight excluding hydrogens is 396 g/mol. The number of ether oxygens (including phenoxy) is 2. The normalized spacial score (nSPS) is 10.3. The molecule has 0 spiro atoms. The highest BCUT2D eigenvalue weighted by Crippen LogP contribution is 2.40. The average molecular weight is 412 g/mol. The maximum absolute atomic E-state index is 12.6. The zero-order valence-electron chi connectivity index (χ0n) is 15.9. The Morgan fingerprint density at radius 3 is 2.63 bits per heavy atom. The molecule has 1 aromatic carbocycles. The number of nitro benzene ring substituents is 1. The summed E-state index contributed by atoms with van der Waals surface area (Å²) < 4.78 is 11.4. The van der Waals surface area contributed by atoms with Crippen LogP contribution in [0, 0.1) is 10.1 Å². The third kappa shape index (κ3) is 4.32. The molecular formula is C18H16N6O6. The van der Waals surface area contributed by atoms with Crippen LogP contribution in [0.5, 0.6) is 11.6 Å². The summed E-state index contributed by atoms with van der Waals surface area (Å²) >= 11 is 0. The molecule has 2 amide bonds. The van der Waals surface area contributed by atoms with Crippen LogP contribution in [0.25, 0.3) is 11.3 Å². The van der Waals surface area contributed by atoms with Crippen LogP contribution in [-0.4, -0.2) is 38.8 Å². The first-order valence-corrected chi connectivity index (χ1v) is 8.40. The van der Waals surface area contributed by atoms with E-state index in [1.54, 1.807) is 19.3 Å². The van der Waals surface area contributed by atoms with Gasteiger partial charge >= 0.3 is 11.8 Å². The van der Waals surface area contributed by atoms with Crippen LogP contribution >= 0.6 is 0 Å². The van der Waals surface area contributed by atoms with Crippen LogP contribution in [0.15, 0.2) is 42.6 Å². The summed E-state index contributed by atoms with van der Waals surface area (Å²) in [5.41, 5.74) is 5.35. The zero-order chi connectivity index (χ0) is 21.8. The van der Waals surface area contributed by atoms with Crippen molar-refractivity contribution in [2.75, 3.05) is 12.4 Å². The molecule has 12 heteroatoms. The molecule has 12 nitrogen and oxygen atoms in total. The van der Waals surface area contributed by atoms with Gasteiger partial charge in [0.05, 0.1) is 23.3 Å². The number of methoxy groups -OCH3 is 1. The molecule has 0 aliphatic carbocycles. The van der Waals surface area contributed by atoms with E-state index in [-0.39, 0.29) is 28.7 Å². The first-order chi connectivity index (χ1) is 14.3. The Kier molecular flexibility index (Phi) is 5.58. The number of benzene rings is 1. The fourth-order valence-electron chi connectivity index (χ4n) is 2.68. The quantitative estimate of drug-likeness (QED) is 0.459. The number of carbonyl (C=O) groups is 2. The summed E-state index contributed by atoms with van der Waals surface area (Å²) in [6, 6.07) is 8.47. The van der Waals surface area contributed by atoms with E-state index in [4.69, 9.17) is 10.5 Å². The first kappa shape index (κ1) is 20.3. The number of aryl methyl sites for hydroxylation is 1. The van der Waals surface area contributed by atoms with Crippen molar-refractivity contribution in [3.05, 3.63) is 58.4 Å². The molecule has 0 saturated carbocycles. The minimum Gasteiger partial charge on any atom is -0.490 e. The van der Waals surface area contributed by atoms with Gasteiger partial charge in [-0.3, -0.25) is 19.6 Å². The first-order valence-electron chi connectivity index (χ1n) is 8.40. The van der Waals surface area contributed by atoms with Crippen LogP contribution < -0.4 is 20.5 Å². The van der Waals surface area contributed by atoms with E-state index in [1.165, 1.54) is 36.1 Å². The number of carbonyl (C=O) groups excluding carboxylic acids is 2. The van der Waals surface area contributed by atoms with Crippen molar-refractivity contribution in [1.82, 2.24) is 14.8 Å². The minimum absolute atomic E-state index is 0.00618. The Labute approximate surface area is 169 Å². The standard InChI is InChI=1S/C18H16N6O6/c1-23-7-6-12(22-23)11-8-10(9-14(24(27)28)16(11)29-2)20-17(25)13-4-3-5-15(21-13)30-18(19)26/h3-9H,1-2H3,(H2,19,26)(H,20,25). The van der Waals surface area contributed by atoms with Crippen molar-refractivity contribution in [3.63, 3.8) is 0 Å². The molecule has 0 fully saturated rings. The lowest BCUT2D eigenvalue weighted by atomic mass is 10.1. The monoisotopic (exact) mass is 412 g/mol. The lowest BCUT2D eigenvalue weighted by molar-refractivity contribution is -0.385. The van der Waals surface area contributed by atoms with E-state index < -0.39 is 16.9 Å². The van der Waals surface area contributed by atoms with Crippen LogP contribution in [-0.2, 0) is 7.05 Å². The Morgan fingerprint density at radius 1 is 1.27 bits per heavy atom. The van der Waals surface area contributed by atoms with E-state index in [0.29, 0.717) is 11.3 Å². The van der Waals surface area contributed by atoms with Crippen LogP contribution in [0.1, 0.15) is 10.5 Å². The highest BCUT2D eigenvalue weighted by molar-refractivity contribution is 6.03. The Balaban J connectivity index is 2.00. The molecule has 0 saturated heterocycles. The summed E-state index contributed by atoms with van der Waals surface area (Å²) in [6.07, 6.45) is 0.589. The van der Waals surface area contributed by atoms with Crippen molar-refractivity contribution in [2.45, 2.75) is 0 Å². The van der Waals surface area contributed by atoms with Crippen molar-refractivity contribution in [2.24, 2.45) is 12.8 Å². The van der Waals surface area contributed by atoms with Gasteiger partial charge in [-0.05, 0) is 18.2 Å². The maximum Gasteiger partial charge on any atom is 0.411 e. The van der Waals surface area contributed by atoms with Gasteiger partial charge in [0.1, 0.15) is 5.69 Å². The summed E-state index contributed by atoms with van der Waals surface area (Å²) in [6.45, 7) is 0. The van der Waals surface area contributed by atoms with Crippen molar-refractivity contribution >= 4 is 23.4 Å². The average Bonchev–Trinajstić information content (AvgIpc) is 3.13. The van der Waals surface area contributed by atoms with E-state index in [9.17, 15) is 19.7 Å². The number of aromatic nitrogens is 3. The third-order valence-corrected chi connectivity index (χ3v) is 3.88. The van der Waals surface area contributed by atoms with Crippen molar-refractivity contribution in [1.29, 1.82) is 0 Å². The van der Waals surface area contributed by atoms with E-state index in [0.717, 1.165) is 6.07 Å². The van der Waals surface area contributed by atoms with Crippen LogP contribution in [0.2, 0.25) is 0 Å². The van der Waals surface area contributed by atoms with Crippen LogP contribution in [0.4, 0.5) is 16.2 Å². The molecule has 30 heavy (non-hydrogen) atoms. The molecule has 0 radical (unpaired) electrons. The molecule has 3 rings (SSSR count). The Bertz CT molecular complexity index is 1140. The Hall–Kier alpha value is -4.48. The highest BCUT2D eigenvalue weighted by atomic mass is 16.6. The van der Waals surface area contributed by atoms with E-state index in [2.05, 4.69) is 20.1 Å². The summed E-state index contributed by atoms with van der Waals surface area (Å²) in [5.74, 6) is -0.840. The summed E-state index contributed by atoms with van der Waals surface area (Å²) in [7, 11) is 3.00. The largest absolute Gasteiger partial charge is 0.490 e. The van der Waals surface area contributed by atoms with Crippen molar-refractivity contribution in [3.8, 4) is 22.9 Å². The second kappa shape index (κ2) is 8.26. The number of primary amides is 1. The van der Waals surface area contributed by atoms with Gasteiger partial charge in [-0.2, -0.15) is 5.10 Å². The number of amides is 2. The zero-order valence-corrected chi connectivity index (χ0v) is 15.9. The summed E-state index contributed by atoms with van der Waals surface area (Å²) in [4.78, 5) is 38.2. The number of pyridine rings is 1. The van der Waals surface area contributed by atoms with Gasteiger partial charge in [-0.1, -0.05) is 6.07 Å².